The predicted molar refractivity (Wildman–Crippen MR) is 109 cm³/mol. The van der Waals surface area contributed by atoms with Gasteiger partial charge in [0.2, 0.25) is 0 Å². The van der Waals surface area contributed by atoms with Crippen LogP contribution in [0.15, 0.2) is 60.8 Å². The van der Waals surface area contributed by atoms with Crippen molar-refractivity contribution in [2.24, 2.45) is 5.92 Å². The average Bonchev–Trinajstić information content (AvgIpc) is 3.17. The van der Waals surface area contributed by atoms with Gasteiger partial charge in [-0.3, -0.25) is 0 Å². The van der Waals surface area contributed by atoms with Gasteiger partial charge < -0.3 is 10.2 Å². The van der Waals surface area contributed by atoms with E-state index in [0.29, 0.717) is 5.92 Å². The minimum absolute atomic E-state index is 0.597. The van der Waals surface area contributed by atoms with Crippen molar-refractivity contribution in [1.82, 2.24) is 15.0 Å². The molecule has 1 aliphatic rings. The van der Waals surface area contributed by atoms with Crippen LogP contribution in [0, 0.1) is 12.8 Å². The Labute approximate surface area is 160 Å². The molecule has 1 unspecified atom stereocenters. The molecule has 138 valence electrons. The highest BCUT2D eigenvalue weighted by Crippen LogP contribution is 2.22. The Bertz CT molecular complexity index is 881. The van der Waals surface area contributed by atoms with E-state index in [-0.39, 0.29) is 0 Å². The molecule has 0 bridgehead atoms. The molecule has 3 aromatic rings. The number of hydrogen-bond acceptors (Lipinski definition) is 5. The molecule has 1 fully saturated rings. The summed E-state index contributed by atoms with van der Waals surface area (Å²) in [6.45, 7) is 5.01. The van der Waals surface area contributed by atoms with Gasteiger partial charge in [-0.25, -0.2) is 15.0 Å². The second-order valence-corrected chi connectivity index (χ2v) is 7.14. The highest BCUT2D eigenvalue weighted by atomic mass is 15.2. The molecule has 1 aromatic carbocycles. The van der Waals surface area contributed by atoms with Crippen LogP contribution in [0.2, 0.25) is 0 Å². The lowest BCUT2D eigenvalue weighted by atomic mass is 10.1. The van der Waals surface area contributed by atoms with Crippen molar-refractivity contribution < 1.29 is 0 Å². The van der Waals surface area contributed by atoms with Crippen molar-refractivity contribution in [2.75, 3.05) is 29.9 Å². The van der Waals surface area contributed by atoms with E-state index in [4.69, 9.17) is 4.98 Å². The summed E-state index contributed by atoms with van der Waals surface area (Å²) >= 11 is 0. The fourth-order valence-electron chi connectivity index (χ4n) is 3.53. The van der Waals surface area contributed by atoms with Gasteiger partial charge in [-0.05, 0) is 43.0 Å². The van der Waals surface area contributed by atoms with Gasteiger partial charge >= 0.3 is 0 Å². The normalized spacial score (nSPS) is 16.5. The number of pyridine rings is 1. The SMILES string of the molecule is Cc1cccc(NCC2CCN(c3ccnc(Cc4ccccc4)n3)C2)n1. The van der Waals surface area contributed by atoms with E-state index in [0.717, 1.165) is 55.6 Å². The molecule has 0 saturated carbocycles. The molecule has 0 aliphatic carbocycles. The number of hydrogen-bond donors (Lipinski definition) is 1. The maximum Gasteiger partial charge on any atom is 0.135 e. The Hall–Kier alpha value is -2.95. The van der Waals surface area contributed by atoms with Crippen LogP contribution in [0.4, 0.5) is 11.6 Å². The summed E-state index contributed by atoms with van der Waals surface area (Å²) < 4.78 is 0. The monoisotopic (exact) mass is 359 g/mol. The van der Waals surface area contributed by atoms with Crippen LogP contribution >= 0.6 is 0 Å². The van der Waals surface area contributed by atoms with E-state index in [1.165, 1.54) is 5.56 Å². The fraction of sp³-hybridized carbons (Fsp3) is 0.318. The molecule has 0 amide bonds. The van der Waals surface area contributed by atoms with E-state index < -0.39 is 0 Å². The van der Waals surface area contributed by atoms with E-state index in [1.807, 2.05) is 43.5 Å². The van der Waals surface area contributed by atoms with Crippen LogP contribution in [-0.4, -0.2) is 34.6 Å². The van der Waals surface area contributed by atoms with Crippen LogP contribution in [0.1, 0.15) is 23.5 Å². The lowest BCUT2D eigenvalue weighted by Crippen LogP contribution is -2.24. The van der Waals surface area contributed by atoms with Crippen molar-refractivity contribution in [3.8, 4) is 0 Å². The van der Waals surface area contributed by atoms with Gasteiger partial charge in [0, 0.05) is 37.9 Å². The Morgan fingerprint density at radius 3 is 2.78 bits per heavy atom. The molecular weight excluding hydrogens is 334 g/mol. The molecule has 5 nitrogen and oxygen atoms in total. The number of anilines is 2. The average molecular weight is 359 g/mol. The maximum absolute atomic E-state index is 4.80. The van der Waals surface area contributed by atoms with Gasteiger partial charge in [0.05, 0.1) is 0 Å². The summed E-state index contributed by atoms with van der Waals surface area (Å²) in [5.74, 6) is 3.47. The van der Waals surface area contributed by atoms with Gasteiger partial charge in [-0.15, -0.1) is 0 Å². The van der Waals surface area contributed by atoms with Crippen molar-refractivity contribution in [1.29, 1.82) is 0 Å². The van der Waals surface area contributed by atoms with E-state index in [1.54, 1.807) is 0 Å². The first-order valence-corrected chi connectivity index (χ1v) is 9.54. The molecule has 0 radical (unpaired) electrons. The van der Waals surface area contributed by atoms with Gasteiger partial charge in [-0.2, -0.15) is 0 Å². The number of aromatic nitrogens is 3. The summed E-state index contributed by atoms with van der Waals surface area (Å²) in [5, 5.41) is 3.47. The third kappa shape index (κ3) is 4.61. The third-order valence-corrected chi connectivity index (χ3v) is 4.97. The molecule has 0 spiro atoms. The number of benzene rings is 1. The standard InChI is InChI=1S/C22H25N5/c1-17-6-5-9-20(25-17)24-15-19-11-13-27(16-19)22-10-12-23-21(26-22)14-18-7-3-2-4-8-18/h2-10,12,19H,11,13-16H2,1H3,(H,24,25). The second-order valence-electron chi connectivity index (χ2n) is 7.14. The smallest absolute Gasteiger partial charge is 0.135 e. The first-order chi connectivity index (χ1) is 13.3. The van der Waals surface area contributed by atoms with Crippen LogP contribution in [0.5, 0.6) is 0 Å². The number of nitrogens with zero attached hydrogens (tertiary/aromatic N) is 4. The van der Waals surface area contributed by atoms with Crippen LogP contribution < -0.4 is 10.2 Å². The highest BCUT2D eigenvalue weighted by molar-refractivity contribution is 5.40. The van der Waals surface area contributed by atoms with Gasteiger partial charge in [0.15, 0.2) is 0 Å². The number of rotatable bonds is 6. The Morgan fingerprint density at radius 1 is 1.04 bits per heavy atom. The molecule has 4 rings (SSSR count). The number of aryl methyl sites for hydroxylation is 1. The van der Waals surface area contributed by atoms with Crippen molar-refractivity contribution in [3.05, 3.63) is 77.9 Å². The second kappa shape index (κ2) is 8.16. The molecule has 1 saturated heterocycles. The molecule has 2 aromatic heterocycles. The molecule has 3 heterocycles. The number of nitrogens with one attached hydrogen (secondary N) is 1. The zero-order valence-electron chi connectivity index (χ0n) is 15.7. The molecule has 5 heteroatoms. The summed E-state index contributed by atoms with van der Waals surface area (Å²) in [5.41, 5.74) is 2.28. The Balaban J connectivity index is 1.35. The molecule has 27 heavy (non-hydrogen) atoms. The van der Waals surface area contributed by atoms with Gasteiger partial charge in [0.1, 0.15) is 17.5 Å². The third-order valence-electron chi connectivity index (χ3n) is 4.97. The minimum Gasteiger partial charge on any atom is -0.370 e. The van der Waals surface area contributed by atoms with Crippen LogP contribution in [-0.2, 0) is 6.42 Å². The lowest BCUT2D eigenvalue weighted by molar-refractivity contribution is 0.620. The van der Waals surface area contributed by atoms with Gasteiger partial charge in [0.25, 0.3) is 0 Å². The minimum atomic E-state index is 0.597. The first-order valence-electron chi connectivity index (χ1n) is 9.54. The Kier molecular flexibility index (Phi) is 5.28. The largest absolute Gasteiger partial charge is 0.370 e. The van der Waals surface area contributed by atoms with E-state index in [9.17, 15) is 0 Å². The quantitative estimate of drug-likeness (QED) is 0.727. The van der Waals surface area contributed by atoms with E-state index >= 15 is 0 Å². The molecule has 1 atom stereocenters. The van der Waals surface area contributed by atoms with Crippen molar-refractivity contribution in [3.63, 3.8) is 0 Å². The zero-order chi connectivity index (χ0) is 18.5. The first kappa shape index (κ1) is 17.5. The van der Waals surface area contributed by atoms with Crippen LogP contribution in [0.25, 0.3) is 0 Å². The predicted octanol–water partition coefficient (Wildman–Crippen LogP) is 3.71. The van der Waals surface area contributed by atoms with Crippen LogP contribution in [0.3, 0.4) is 0 Å². The van der Waals surface area contributed by atoms with Crippen molar-refractivity contribution >= 4 is 11.6 Å². The Morgan fingerprint density at radius 2 is 1.93 bits per heavy atom. The summed E-state index contributed by atoms with van der Waals surface area (Å²) in [7, 11) is 0. The summed E-state index contributed by atoms with van der Waals surface area (Å²) in [6, 6.07) is 18.5. The molecule has 1 N–H and O–H groups in total. The topological polar surface area (TPSA) is 53.9 Å². The fourth-order valence-corrected chi connectivity index (χ4v) is 3.53. The summed E-state index contributed by atoms with van der Waals surface area (Å²) in [6.07, 6.45) is 3.81. The lowest BCUT2D eigenvalue weighted by Gasteiger charge is -2.18. The zero-order valence-corrected chi connectivity index (χ0v) is 15.7. The highest BCUT2D eigenvalue weighted by Gasteiger charge is 2.23. The molecule has 1 aliphatic heterocycles. The van der Waals surface area contributed by atoms with Crippen molar-refractivity contribution in [2.45, 2.75) is 19.8 Å². The maximum atomic E-state index is 4.80. The van der Waals surface area contributed by atoms with E-state index in [2.05, 4.69) is 44.5 Å². The molecular formula is C22H25N5. The van der Waals surface area contributed by atoms with Gasteiger partial charge in [-0.1, -0.05) is 36.4 Å². The summed E-state index contributed by atoms with van der Waals surface area (Å²) in [4.78, 5) is 16.1.